The van der Waals surface area contributed by atoms with Crippen LogP contribution in [0.25, 0.3) is 0 Å². The smallest absolute Gasteiger partial charge is 0.0474 e. The lowest BCUT2D eigenvalue weighted by molar-refractivity contribution is -0.0852. The predicted octanol–water partition coefficient (Wildman–Crippen LogP) is 7.63. The molecular formula is C23H44INSi. The van der Waals surface area contributed by atoms with Crippen LogP contribution in [0.2, 0.25) is 25.2 Å². The average Bonchev–Trinajstić information content (AvgIpc) is 2.51. The fraction of sp³-hybridized carbons (Fsp3) is 1.00. The van der Waals surface area contributed by atoms with Crippen molar-refractivity contribution in [3.05, 3.63) is 0 Å². The first kappa shape index (κ1) is 21.6. The van der Waals surface area contributed by atoms with E-state index in [4.69, 9.17) is 0 Å². The molecule has 3 fully saturated rings. The van der Waals surface area contributed by atoms with E-state index in [2.05, 4.69) is 80.2 Å². The summed E-state index contributed by atoms with van der Waals surface area (Å²) in [6, 6.07) is 0.831. The highest BCUT2D eigenvalue weighted by atomic mass is 127. The van der Waals surface area contributed by atoms with Gasteiger partial charge in [0.2, 0.25) is 0 Å². The molecule has 2 saturated carbocycles. The lowest BCUT2D eigenvalue weighted by Crippen LogP contribution is -2.53. The number of hydrogen-bond acceptors (Lipinski definition) is 1. The first-order chi connectivity index (χ1) is 11.8. The van der Waals surface area contributed by atoms with Gasteiger partial charge < -0.3 is 0 Å². The minimum atomic E-state index is -1.03. The van der Waals surface area contributed by atoms with E-state index >= 15 is 0 Å². The minimum absolute atomic E-state index is 0.543. The van der Waals surface area contributed by atoms with Crippen LogP contribution in [0.15, 0.2) is 0 Å². The third-order valence-electron chi connectivity index (χ3n) is 9.09. The van der Waals surface area contributed by atoms with Crippen LogP contribution in [0.4, 0.5) is 0 Å². The van der Waals surface area contributed by atoms with Gasteiger partial charge in [-0.1, -0.05) is 54.3 Å². The highest BCUT2D eigenvalue weighted by Crippen LogP contribution is 2.60. The number of piperidine rings is 1. The van der Waals surface area contributed by atoms with Crippen molar-refractivity contribution in [3.63, 3.8) is 0 Å². The summed E-state index contributed by atoms with van der Waals surface area (Å²) in [5, 5.41) is 0. The SMILES string of the molecule is CC1C[C@H]2C(CC1C1CC([Si](C)(C)C)CCN1I)C(C)(C)CCC2(C)C. The summed E-state index contributed by atoms with van der Waals surface area (Å²) in [5.74, 6) is 3.69. The van der Waals surface area contributed by atoms with Crippen molar-refractivity contribution >= 4 is 30.9 Å². The zero-order chi connectivity index (χ0) is 19.5. The molecule has 6 atom stereocenters. The van der Waals surface area contributed by atoms with Gasteiger partial charge in [-0.2, -0.15) is 0 Å². The van der Waals surface area contributed by atoms with Gasteiger partial charge in [0.25, 0.3) is 0 Å². The fourth-order valence-electron chi connectivity index (χ4n) is 6.85. The van der Waals surface area contributed by atoms with E-state index in [0.29, 0.717) is 10.8 Å². The van der Waals surface area contributed by atoms with Crippen LogP contribution in [-0.4, -0.2) is 23.8 Å². The monoisotopic (exact) mass is 489 g/mol. The van der Waals surface area contributed by atoms with Gasteiger partial charge in [-0.15, -0.1) is 0 Å². The third-order valence-corrected chi connectivity index (χ3v) is 13.3. The van der Waals surface area contributed by atoms with Crippen LogP contribution in [0.1, 0.15) is 73.1 Å². The van der Waals surface area contributed by atoms with Crippen molar-refractivity contribution in [2.45, 2.75) is 104 Å². The molecule has 1 heterocycles. The molecule has 0 N–H and O–H groups in total. The number of nitrogens with zero attached hydrogens (tertiary/aromatic N) is 1. The molecule has 1 nitrogen and oxygen atoms in total. The van der Waals surface area contributed by atoms with Crippen LogP contribution >= 0.6 is 22.9 Å². The Kier molecular flexibility index (Phi) is 6.07. The Morgan fingerprint density at radius 2 is 1.42 bits per heavy atom. The van der Waals surface area contributed by atoms with Crippen molar-refractivity contribution in [2.24, 2.45) is 34.5 Å². The molecule has 3 aliphatic rings. The van der Waals surface area contributed by atoms with Gasteiger partial charge in [0, 0.05) is 43.5 Å². The van der Waals surface area contributed by atoms with Gasteiger partial charge in [0.15, 0.2) is 0 Å². The molecule has 0 aromatic carbocycles. The van der Waals surface area contributed by atoms with Gasteiger partial charge >= 0.3 is 0 Å². The molecule has 0 spiro atoms. The highest BCUT2D eigenvalue weighted by molar-refractivity contribution is 14.1. The van der Waals surface area contributed by atoms with Gasteiger partial charge in [-0.3, -0.25) is 0 Å². The van der Waals surface area contributed by atoms with E-state index in [1.165, 1.54) is 45.1 Å². The molecule has 5 unspecified atom stereocenters. The Morgan fingerprint density at radius 1 is 0.885 bits per heavy atom. The van der Waals surface area contributed by atoms with E-state index in [0.717, 1.165) is 35.3 Å². The van der Waals surface area contributed by atoms with E-state index in [1.807, 2.05) is 0 Å². The molecule has 0 radical (unpaired) electrons. The van der Waals surface area contributed by atoms with Crippen molar-refractivity contribution in [2.75, 3.05) is 6.54 Å². The molecular weight excluding hydrogens is 445 g/mol. The van der Waals surface area contributed by atoms with E-state index in [9.17, 15) is 0 Å². The van der Waals surface area contributed by atoms with Gasteiger partial charge in [0.1, 0.15) is 0 Å². The summed E-state index contributed by atoms with van der Waals surface area (Å²) in [6.07, 6.45) is 8.75. The lowest BCUT2D eigenvalue weighted by Gasteiger charge is -2.59. The topological polar surface area (TPSA) is 3.24 Å². The van der Waals surface area contributed by atoms with E-state index in [-0.39, 0.29) is 0 Å². The Morgan fingerprint density at radius 3 is 1.96 bits per heavy atom. The summed E-state index contributed by atoms with van der Waals surface area (Å²) < 4.78 is 2.73. The Balaban J connectivity index is 1.82. The standard InChI is InChI=1S/C23H44INSi/c1-16-13-19-20(23(4,5)11-10-22(19,2)3)15-18(16)21-14-17(26(6,7)8)9-12-25(21)24/h16-21H,9-15H2,1-8H3/t16?,17?,18?,19-,20?,21?/m0/s1. The lowest BCUT2D eigenvalue weighted by atomic mass is 9.47. The molecule has 3 heteroatoms. The number of hydrogen-bond donors (Lipinski definition) is 0. The molecule has 26 heavy (non-hydrogen) atoms. The second-order valence-corrected chi connectivity index (χ2v) is 19.4. The van der Waals surface area contributed by atoms with Crippen LogP contribution in [-0.2, 0) is 0 Å². The van der Waals surface area contributed by atoms with Crippen LogP contribution in [0.5, 0.6) is 0 Å². The van der Waals surface area contributed by atoms with Gasteiger partial charge in [0.05, 0.1) is 0 Å². The maximum Gasteiger partial charge on any atom is 0.0474 e. The third kappa shape index (κ3) is 4.10. The Bertz CT molecular complexity index is 509. The average molecular weight is 490 g/mol. The molecule has 152 valence electrons. The molecule has 2 aliphatic carbocycles. The predicted molar refractivity (Wildman–Crippen MR) is 127 cm³/mol. The normalized spacial score (nSPS) is 43.7. The minimum Gasteiger partial charge on any atom is -0.244 e. The van der Waals surface area contributed by atoms with Crippen molar-refractivity contribution < 1.29 is 0 Å². The summed E-state index contributed by atoms with van der Waals surface area (Å²) in [7, 11) is -1.03. The molecule has 0 aromatic heterocycles. The first-order valence-corrected chi connectivity index (χ1v) is 15.8. The molecule has 0 bridgehead atoms. The Labute approximate surface area is 179 Å². The van der Waals surface area contributed by atoms with E-state index < -0.39 is 8.07 Å². The molecule has 0 amide bonds. The van der Waals surface area contributed by atoms with Gasteiger partial charge in [-0.05, 0) is 78.6 Å². The maximum atomic E-state index is 2.73. The van der Waals surface area contributed by atoms with Crippen molar-refractivity contribution in [3.8, 4) is 0 Å². The van der Waals surface area contributed by atoms with Crippen molar-refractivity contribution in [1.29, 1.82) is 0 Å². The molecule has 3 rings (SSSR count). The molecule has 1 saturated heterocycles. The highest BCUT2D eigenvalue weighted by Gasteiger charge is 2.53. The summed E-state index contributed by atoms with van der Waals surface area (Å²) in [4.78, 5) is 0. The second kappa shape index (κ2) is 7.30. The number of fused-ring (bicyclic) bond motifs is 1. The molecule has 0 aromatic rings. The zero-order valence-corrected chi connectivity index (χ0v) is 21.9. The fourth-order valence-corrected chi connectivity index (χ4v) is 9.71. The van der Waals surface area contributed by atoms with E-state index in [1.54, 1.807) is 0 Å². The van der Waals surface area contributed by atoms with Crippen LogP contribution < -0.4 is 0 Å². The molecule has 1 aliphatic heterocycles. The number of rotatable bonds is 2. The Hall–Kier alpha value is 0.907. The quantitative estimate of drug-likeness (QED) is 0.219. The van der Waals surface area contributed by atoms with Crippen LogP contribution in [0.3, 0.4) is 0 Å². The van der Waals surface area contributed by atoms with Crippen LogP contribution in [0, 0.1) is 34.5 Å². The zero-order valence-electron chi connectivity index (χ0n) is 18.7. The summed E-state index contributed by atoms with van der Waals surface area (Å²) in [5.41, 5.74) is 2.12. The summed E-state index contributed by atoms with van der Waals surface area (Å²) in [6.45, 7) is 22.0. The first-order valence-electron chi connectivity index (χ1n) is 11.3. The summed E-state index contributed by atoms with van der Waals surface area (Å²) >= 11 is 2.68. The second-order valence-electron chi connectivity index (χ2n) is 12.6. The largest absolute Gasteiger partial charge is 0.244 e. The van der Waals surface area contributed by atoms with Gasteiger partial charge in [-0.25, -0.2) is 3.11 Å². The van der Waals surface area contributed by atoms with Crippen molar-refractivity contribution in [1.82, 2.24) is 3.11 Å². The maximum absolute atomic E-state index is 2.73. The number of halogens is 1.